The van der Waals surface area contributed by atoms with E-state index < -0.39 is 0 Å². The molecule has 126 valence electrons. The minimum atomic E-state index is -0.0479. The van der Waals surface area contributed by atoms with Crippen LogP contribution < -0.4 is 10.9 Å². The predicted octanol–water partition coefficient (Wildman–Crippen LogP) is 5.40. The van der Waals surface area contributed by atoms with E-state index in [0.29, 0.717) is 22.2 Å². The Bertz CT molecular complexity index is 697. The molecule has 2 N–H and O–H groups in total. The molecule has 0 unspecified atom stereocenters. The van der Waals surface area contributed by atoms with Crippen LogP contribution >= 0.6 is 23.2 Å². The number of benzene rings is 2. The summed E-state index contributed by atoms with van der Waals surface area (Å²) in [7, 11) is 0. The quantitative estimate of drug-likeness (QED) is 0.393. The van der Waals surface area contributed by atoms with E-state index in [-0.39, 0.29) is 11.6 Å². The van der Waals surface area contributed by atoms with E-state index in [2.05, 4.69) is 15.8 Å². The highest BCUT2D eigenvalue weighted by Gasteiger charge is 2.11. The molecule has 0 saturated heterocycles. The third-order valence-electron chi connectivity index (χ3n) is 3.26. The molecular formula is C18H19Cl2N3O. The molecule has 24 heavy (non-hydrogen) atoms. The molecule has 0 spiro atoms. The number of unbranched alkanes of at least 4 members (excludes halogenated alkanes) is 1. The third-order valence-corrected chi connectivity index (χ3v) is 3.76. The molecular weight excluding hydrogens is 345 g/mol. The summed E-state index contributed by atoms with van der Waals surface area (Å²) < 4.78 is 0. The largest absolute Gasteiger partial charge is 0.300 e. The van der Waals surface area contributed by atoms with Gasteiger partial charge in [0.05, 0.1) is 11.4 Å². The molecule has 0 aliphatic carbocycles. The molecule has 0 heterocycles. The van der Waals surface area contributed by atoms with E-state index in [1.165, 1.54) is 0 Å². The first-order chi connectivity index (χ1) is 11.6. The average Bonchev–Trinajstić information content (AvgIpc) is 2.59. The van der Waals surface area contributed by atoms with Gasteiger partial charge < -0.3 is 0 Å². The number of halogens is 2. The molecule has 0 bridgehead atoms. The maximum Gasteiger partial charge on any atom is 0.199 e. The van der Waals surface area contributed by atoms with Gasteiger partial charge in [0.25, 0.3) is 0 Å². The van der Waals surface area contributed by atoms with Gasteiger partial charge in [-0.15, -0.1) is 0 Å². The van der Waals surface area contributed by atoms with Gasteiger partial charge in [-0.05, 0) is 55.0 Å². The van der Waals surface area contributed by atoms with E-state index >= 15 is 0 Å². The zero-order valence-corrected chi connectivity index (χ0v) is 14.9. The van der Waals surface area contributed by atoms with Crippen molar-refractivity contribution in [2.75, 3.05) is 5.43 Å². The van der Waals surface area contributed by atoms with Gasteiger partial charge in [0.1, 0.15) is 0 Å². The fourth-order valence-electron chi connectivity index (χ4n) is 1.93. The van der Waals surface area contributed by atoms with Crippen LogP contribution in [-0.4, -0.2) is 11.6 Å². The van der Waals surface area contributed by atoms with Crippen LogP contribution in [0.4, 0.5) is 11.4 Å². The summed E-state index contributed by atoms with van der Waals surface area (Å²) in [5.41, 5.74) is 7.32. The Labute approximate surface area is 151 Å². The van der Waals surface area contributed by atoms with Crippen molar-refractivity contribution in [1.29, 1.82) is 0 Å². The maximum absolute atomic E-state index is 12.4. The fourth-order valence-corrected chi connectivity index (χ4v) is 2.18. The van der Waals surface area contributed by atoms with Gasteiger partial charge in [0.2, 0.25) is 0 Å². The lowest BCUT2D eigenvalue weighted by Gasteiger charge is -2.12. The van der Waals surface area contributed by atoms with E-state index in [0.717, 1.165) is 18.5 Å². The van der Waals surface area contributed by atoms with Crippen molar-refractivity contribution >= 4 is 46.2 Å². The number of anilines is 1. The van der Waals surface area contributed by atoms with Crippen molar-refractivity contribution in [2.24, 2.45) is 4.99 Å². The van der Waals surface area contributed by atoms with Crippen molar-refractivity contribution in [3.05, 3.63) is 58.6 Å². The molecule has 0 atom stereocenters. The second-order valence-electron chi connectivity index (χ2n) is 5.22. The van der Waals surface area contributed by atoms with Crippen LogP contribution in [0, 0.1) is 0 Å². The number of nitrogens with one attached hydrogen (secondary N) is 2. The van der Waals surface area contributed by atoms with E-state index in [9.17, 15) is 4.79 Å². The smallest absolute Gasteiger partial charge is 0.199 e. The number of aliphatic imine (C=N–C) groups is 1. The number of rotatable bonds is 7. The number of Topliss-reactive ketones (excluding diaryl/α,β-unsaturated/α-hetero) is 1. The number of carbonyl (C=O) groups excluding carboxylic acids is 1. The Kier molecular flexibility index (Phi) is 7.09. The van der Waals surface area contributed by atoms with Gasteiger partial charge in [-0.2, -0.15) is 0 Å². The van der Waals surface area contributed by atoms with Crippen molar-refractivity contribution < 1.29 is 4.79 Å². The average molecular weight is 364 g/mol. The number of hydrazine groups is 1. The van der Waals surface area contributed by atoms with Crippen LogP contribution in [-0.2, 0) is 4.79 Å². The lowest BCUT2D eigenvalue weighted by Crippen LogP contribution is -2.35. The van der Waals surface area contributed by atoms with Crippen LogP contribution in [0.3, 0.4) is 0 Å². The molecule has 2 aromatic carbocycles. The highest BCUT2D eigenvalue weighted by molar-refractivity contribution is 6.39. The summed E-state index contributed by atoms with van der Waals surface area (Å²) in [5.74, 6) is 0.217. The normalized spacial score (nSPS) is 11.2. The molecule has 2 aromatic rings. The van der Waals surface area contributed by atoms with Crippen LogP contribution in [0.15, 0.2) is 53.5 Å². The van der Waals surface area contributed by atoms with Crippen molar-refractivity contribution in [2.45, 2.75) is 26.2 Å². The number of ketones is 1. The monoisotopic (exact) mass is 363 g/mol. The Morgan fingerprint density at radius 2 is 1.58 bits per heavy atom. The molecule has 0 aliphatic rings. The second kappa shape index (κ2) is 9.30. The molecule has 0 amide bonds. The molecule has 0 aromatic heterocycles. The van der Waals surface area contributed by atoms with Crippen LogP contribution in [0.5, 0.6) is 0 Å². The SMILES string of the molecule is CCCCC(=O)C(=Nc1ccc(Cl)cc1)NNc1ccc(Cl)cc1. The molecule has 0 radical (unpaired) electrons. The van der Waals surface area contributed by atoms with Gasteiger partial charge in [-0.25, -0.2) is 4.99 Å². The molecule has 2 rings (SSSR count). The topological polar surface area (TPSA) is 53.5 Å². The van der Waals surface area contributed by atoms with Crippen LogP contribution in [0.1, 0.15) is 26.2 Å². The lowest BCUT2D eigenvalue weighted by molar-refractivity contribution is -0.113. The second-order valence-corrected chi connectivity index (χ2v) is 6.09. The Hall–Kier alpha value is -2.04. The minimum absolute atomic E-state index is 0.0479. The predicted molar refractivity (Wildman–Crippen MR) is 101 cm³/mol. The van der Waals surface area contributed by atoms with Gasteiger partial charge in [0.15, 0.2) is 11.6 Å². The fraction of sp³-hybridized carbons (Fsp3) is 0.222. The highest BCUT2D eigenvalue weighted by atomic mass is 35.5. The van der Waals surface area contributed by atoms with Crippen molar-refractivity contribution in [1.82, 2.24) is 5.43 Å². The van der Waals surface area contributed by atoms with Gasteiger partial charge in [-0.1, -0.05) is 36.5 Å². The Balaban J connectivity index is 2.13. The number of hydrogen-bond donors (Lipinski definition) is 2. The lowest BCUT2D eigenvalue weighted by atomic mass is 10.2. The summed E-state index contributed by atoms with van der Waals surface area (Å²) >= 11 is 11.7. The standard InChI is InChI=1S/C18H19Cl2N3O/c1-2-3-4-17(24)18(21-15-9-5-13(19)6-10-15)23-22-16-11-7-14(20)8-12-16/h5-12,22H,2-4H2,1H3,(H,21,23). The first-order valence-corrected chi connectivity index (χ1v) is 8.49. The summed E-state index contributed by atoms with van der Waals surface area (Å²) in [6, 6.07) is 14.2. The summed E-state index contributed by atoms with van der Waals surface area (Å²) in [6.45, 7) is 2.04. The molecule has 0 fully saturated rings. The van der Waals surface area contributed by atoms with Gasteiger partial charge in [-0.3, -0.25) is 15.6 Å². The molecule has 6 heteroatoms. The summed E-state index contributed by atoms with van der Waals surface area (Å²) in [6.07, 6.45) is 2.21. The number of amidine groups is 1. The van der Waals surface area contributed by atoms with Crippen molar-refractivity contribution in [3.8, 4) is 0 Å². The van der Waals surface area contributed by atoms with E-state index in [1.807, 2.05) is 19.1 Å². The summed E-state index contributed by atoms with van der Waals surface area (Å²) in [4.78, 5) is 16.8. The first kappa shape index (κ1) is 18.3. The Morgan fingerprint density at radius 3 is 2.17 bits per heavy atom. The zero-order chi connectivity index (χ0) is 17.4. The maximum atomic E-state index is 12.4. The van der Waals surface area contributed by atoms with E-state index in [1.54, 1.807) is 36.4 Å². The molecule has 0 saturated carbocycles. The Morgan fingerprint density at radius 1 is 1.00 bits per heavy atom. The summed E-state index contributed by atoms with van der Waals surface area (Å²) in [5, 5.41) is 1.27. The number of carbonyl (C=O) groups is 1. The van der Waals surface area contributed by atoms with Crippen molar-refractivity contribution in [3.63, 3.8) is 0 Å². The number of hydrogen-bond acceptors (Lipinski definition) is 3. The zero-order valence-electron chi connectivity index (χ0n) is 13.4. The third kappa shape index (κ3) is 5.87. The van der Waals surface area contributed by atoms with Gasteiger partial charge in [0, 0.05) is 16.5 Å². The van der Waals surface area contributed by atoms with E-state index in [4.69, 9.17) is 23.2 Å². The van der Waals surface area contributed by atoms with Gasteiger partial charge >= 0.3 is 0 Å². The van der Waals surface area contributed by atoms with Crippen LogP contribution in [0.25, 0.3) is 0 Å². The minimum Gasteiger partial charge on any atom is -0.300 e. The van der Waals surface area contributed by atoms with Crippen LogP contribution in [0.2, 0.25) is 10.0 Å². The molecule has 4 nitrogen and oxygen atoms in total. The highest BCUT2D eigenvalue weighted by Crippen LogP contribution is 2.17. The number of nitrogens with zero attached hydrogens (tertiary/aromatic N) is 1. The first-order valence-electron chi connectivity index (χ1n) is 7.73. The molecule has 0 aliphatic heterocycles.